The number of carboxylic acids is 1. The molecule has 0 spiro atoms. The molecule has 8 heteroatoms. The number of amides is 2. The van der Waals surface area contributed by atoms with Crippen LogP contribution in [0.1, 0.15) is 40.0 Å². The standard InChI is InChI=1S/C12H21F3N2O3/c1-11(2,3)17(8-5-9(18)19)10(20)16-7-4-6-12(13,14)15/h4-8H2,1-3H3,(H,16,20)(H,18,19). The summed E-state index contributed by atoms with van der Waals surface area (Å²) < 4.78 is 35.8. The van der Waals surface area contributed by atoms with Crippen LogP contribution < -0.4 is 5.32 Å². The second-order valence-corrected chi connectivity index (χ2v) is 5.42. The molecule has 0 unspecified atom stereocenters. The number of halogens is 3. The maximum atomic E-state index is 11.9. The Morgan fingerprint density at radius 3 is 2.15 bits per heavy atom. The van der Waals surface area contributed by atoms with E-state index in [2.05, 4.69) is 5.32 Å². The number of hydrogen-bond donors (Lipinski definition) is 2. The number of alkyl halides is 3. The van der Waals surface area contributed by atoms with E-state index in [-0.39, 0.29) is 25.9 Å². The van der Waals surface area contributed by atoms with Gasteiger partial charge < -0.3 is 15.3 Å². The van der Waals surface area contributed by atoms with Crippen LogP contribution in [0.3, 0.4) is 0 Å². The monoisotopic (exact) mass is 298 g/mol. The number of carbonyl (C=O) groups is 2. The van der Waals surface area contributed by atoms with Gasteiger partial charge in [0, 0.05) is 25.0 Å². The Morgan fingerprint density at radius 2 is 1.75 bits per heavy atom. The molecule has 0 aliphatic carbocycles. The Balaban J connectivity index is 4.32. The Hall–Kier alpha value is -1.47. The minimum absolute atomic E-state index is 0.00391. The van der Waals surface area contributed by atoms with Crippen molar-refractivity contribution in [1.82, 2.24) is 10.2 Å². The van der Waals surface area contributed by atoms with E-state index in [1.165, 1.54) is 4.90 Å². The molecule has 0 aliphatic rings. The van der Waals surface area contributed by atoms with Crippen molar-refractivity contribution < 1.29 is 27.9 Å². The smallest absolute Gasteiger partial charge is 0.389 e. The maximum absolute atomic E-state index is 11.9. The quantitative estimate of drug-likeness (QED) is 0.741. The van der Waals surface area contributed by atoms with E-state index in [0.29, 0.717) is 0 Å². The van der Waals surface area contributed by atoms with Gasteiger partial charge in [-0.3, -0.25) is 4.79 Å². The van der Waals surface area contributed by atoms with E-state index < -0.39 is 30.1 Å². The molecule has 0 radical (unpaired) electrons. The molecule has 0 saturated carbocycles. The highest BCUT2D eigenvalue weighted by Gasteiger charge is 2.28. The summed E-state index contributed by atoms with van der Waals surface area (Å²) in [7, 11) is 0. The van der Waals surface area contributed by atoms with Gasteiger partial charge in [-0.2, -0.15) is 13.2 Å². The third-order valence-corrected chi connectivity index (χ3v) is 2.52. The molecule has 118 valence electrons. The summed E-state index contributed by atoms with van der Waals surface area (Å²) in [6.07, 6.45) is -5.62. The Labute approximate surface area is 116 Å². The molecule has 0 aromatic carbocycles. The lowest BCUT2D eigenvalue weighted by atomic mass is 10.1. The molecule has 0 saturated heterocycles. The summed E-state index contributed by atoms with van der Waals surface area (Å²) in [4.78, 5) is 23.7. The molecule has 2 N–H and O–H groups in total. The molecule has 2 amide bonds. The van der Waals surface area contributed by atoms with Crippen LogP contribution in [0, 0.1) is 0 Å². The Morgan fingerprint density at radius 1 is 1.20 bits per heavy atom. The molecule has 0 heterocycles. The third-order valence-electron chi connectivity index (χ3n) is 2.52. The fraction of sp³-hybridized carbons (Fsp3) is 0.833. The number of carbonyl (C=O) groups excluding carboxylic acids is 1. The number of carboxylic acid groups (broad SMARTS) is 1. The Bertz CT molecular complexity index is 338. The first-order chi connectivity index (χ1) is 8.93. The lowest BCUT2D eigenvalue weighted by Crippen LogP contribution is -2.51. The van der Waals surface area contributed by atoms with Crippen molar-refractivity contribution in [3.8, 4) is 0 Å². The van der Waals surface area contributed by atoms with Crippen molar-refractivity contribution in [3.63, 3.8) is 0 Å². The van der Waals surface area contributed by atoms with Crippen molar-refractivity contribution in [2.24, 2.45) is 0 Å². The average molecular weight is 298 g/mol. The number of rotatable bonds is 6. The molecular formula is C12H21F3N2O3. The van der Waals surface area contributed by atoms with Crippen LogP contribution in [-0.4, -0.2) is 46.8 Å². The van der Waals surface area contributed by atoms with Gasteiger partial charge in [0.15, 0.2) is 0 Å². The van der Waals surface area contributed by atoms with Gasteiger partial charge in [0.2, 0.25) is 0 Å². The summed E-state index contributed by atoms with van der Waals surface area (Å²) in [6, 6.07) is -0.555. The van der Waals surface area contributed by atoms with Gasteiger partial charge in [0.1, 0.15) is 0 Å². The van der Waals surface area contributed by atoms with E-state index in [9.17, 15) is 22.8 Å². The largest absolute Gasteiger partial charge is 0.481 e. The lowest BCUT2D eigenvalue weighted by Gasteiger charge is -2.35. The zero-order valence-corrected chi connectivity index (χ0v) is 11.9. The predicted octanol–water partition coefficient (Wildman–Crippen LogP) is 2.61. The topological polar surface area (TPSA) is 69.6 Å². The zero-order valence-electron chi connectivity index (χ0n) is 11.9. The predicted molar refractivity (Wildman–Crippen MR) is 67.4 cm³/mol. The van der Waals surface area contributed by atoms with E-state index in [1.807, 2.05) is 0 Å². The van der Waals surface area contributed by atoms with Gasteiger partial charge in [0.25, 0.3) is 0 Å². The van der Waals surface area contributed by atoms with Gasteiger partial charge in [-0.15, -0.1) is 0 Å². The van der Waals surface area contributed by atoms with Crippen molar-refractivity contribution in [2.45, 2.75) is 51.7 Å². The first kappa shape index (κ1) is 18.5. The molecule has 0 aromatic heterocycles. The minimum atomic E-state index is -4.24. The van der Waals surface area contributed by atoms with Gasteiger partial charge in [-0.1, -0.05) is 0 Å². The molecule has 0 fully saturated rings. The number of aliphatic carboxylic acids is 1. The molecular weight excluding hydrogens is 277 g/mol. The molecule has 0 aliphatic heterocycles. The SMILES string of the molecule is CC(C)(C)N(CCC(=O)O)C(=O)NCCCC(F)(F)F. The van der Waals surface area contributed by atoms with Gasteiger partial charge in [0.05, 0.1) is 6.42 Å². The van der Waals surface area contributed by atoms with E-state index in [1.54, 1.807) is 20.8 Å². The summed E-state index contributed by atoms with van der Waals surface area (Å²) in [5.74, 6) is -1.04. The Kier molecular flexibility index (Phi) is 6.81. The number of hydrogen-bond acceptors (Lipinski definition) is 2. The molecule has 5 nitrogen and oxygen atoms in total. The lowest BCUT2D eigenvalue weighted by molar-refractivity contribution is -0.137. The zero-order chi connectivity index (χ0) is 16.0. The van der Waals surface area contributed by atoms with Gasteiger partial charge in [-0.05, 0) is 27.2 Å². The first-order valence-electron chi connectivity index (χ1n) is 6.27. The molecule has 0 aromatic rings. The molecule has 0 bridgehead atoms. The van der Waals surface area contributed by atoms with Crippen LogP contribution in [0.25, 0.3) is 0 Å². The van der Waals surface area contributed by atoms with Gasteiger partial charge >= 0.3 is 18.2 Å². The summed E-state index contributed by atoms with van der Waals surface area (Å²) in [5.41, 5.74) is -0.608. The average Bonchev–Trinajstić information content (AvgIpc) is 2.20. The molecule has 0 atom stereocenters. The molecule has 0 rings (SSSR count). The number of nitrogens with one attached hydrogen (secondary N) is 1. The fourth-order valence-corrected chi connectivity index (χ4v) is 1.53. The van der Waals surface area contributed by atoms with Crippen molar-refractivity contribution >= 4 is 12.0 Å². The van der Waals surface area contributed by atoms with Crippen LogP contribution in [0.5, 0.6) is 0 Å². The highest BCUT2D eigenvalue weighted by atomic mass is 19.4. The summed E-state index contributed by atoms with van der Waals surface area (Å²) >= 11 is 0. The second kappa shape index (κ2) is 7.35. The van der Waals surface area contributed by atoms with E-state index >= 15 is 0 Å². The second-order valence-electron chi connectivity index (χ2n) is 5.42. The van der Waals surface area contributed by atoms with Crippen LogP contribution in [0.15, 0.2) is 0 Å². The van der Waals surface area contributed by atoms with Crippen LogP contribution in [0.4, 0.5) is 18.0 Å². The van der Waals surface area contributed by atoms with Crippen LogP contribution >= 0.6 is 0 Å². The maximum Gasteiger partial charge on any atom is 0.389 e. The van der Waals surface area contributed by atoms with Crippen molar-refractivity contribution in [3.05, 3.63) is 0 Å². The summed E-state index contributed by atoms with van der Waals surface area (Å²) in [6.45, 7) is 5.08. The number of urea groups is 1. The first-order valence-corrected chi connectivity index (χ1v) is 6.27. The third kappa shape index (κ3) is 8.60. The van der Waals surface area contributed by atoms with Gasteiger partial charge in [-0.25, -0.2) is 4.79 Å². The van der Waals surface area contributed by atoms with E-state index in [4.69, 9.17) is 5.11 Å². The van der Waals surface area contributed by atoms with Crippen molar-refractivity contribution in [1.29, 1.82) is 0 Å². The van der Waals surface area contributed by atoms with Crippen molar-refractivity contribution in [2.75, 3.05) is 13.1 Å². The minimum Gasteiger partial charge on any atom is -0.481 e. The fourth-order valence-electron chi connectivity index (χ4n) is 1.53. The normalized spacial score (nSPS) is 12.1. The molecule has 20 heavy (non-hydrogen) atoms. The van der Waals surface area contributed by atoms with Crippen LogP contribution in [0.2, 0.25) is 0 Å². The van der Waals surface area contributed by atoms with Crippen LogP contribution in [-0.2, 0) is 4.79 Å². The highest BCUT2D eigenvalue weighted by Crippen LogP contribution is 2.20. The summed E-state index contributed by atoms with van der Waals surface area (Å²) in [5, 5.41) is 11.0. The number of nitrogens with zero attached hydrogens (tertiary/aromatic N) is 1. The van der Waals surface area contributed by atoms with E-state index in [0.717, 1.165) is 0 Å². The highest BCUT2D eigenvalue weighted by molar-refractivity contribution is 5.76.